The summed E-state index contributed by atoms with van der Waals surface area (Å²) >= 11 is 0. The van der Waals surface area contributed by atoms with E-state index in [1.807, 2.05) is 6.92 Å². The summed E-state index contributed by atoms with van der Waals surface area (Å²) in [7, 11) is 0. The minimum Gasteiger partial charge on any atom is -0.363 e. The van der Waals surface area contributed by atoms with E-state index in [0.29, 0.717) is 0 Å². The highest BCUT2D eigenvalue weighted by Crippen LogP contribution is 1.79. The standard InChI is InChI=1S/C7H9N3/c1-7-6-9-3-2-8-4-5-10-7/h2-6,10H,1H3. The van der Waals surface area contributed by atoms with Crippen molar-refractivity contribution in [3.8, 4) is 0 Å². The molecule has 0 bridgehead atoms. The van der Waals surface area contributed by atoms with Crippen LogP contribution in [0.1, 0.15) is 5.69 Å². The molecule has 3 nitrogen and oxygen atoms in total. The van der Waals surface area contributed by atoms with Gasteiger partial charge in [-0.2, -0.15) is 0 Å². The predicted octanol–water partition coefficient (Wildman–Crippen LogP) is 1.24. The van der Waals surface area contributed by atoms with Crippen LogP contribution in [0.15, 0.2) is 31.0 Å². The van der Waals surface area contributed by atoms with Crippen molar-refractivity contribution in [3.05, 3.63) is 36.7 Å². The number of nitrogens with one attached hydrogen (secondary N) is 1. The van der Waals surface area contributed by atoms with Gasteiger partial charge in [0.2, 0.25) is 0 Å². The largest absolute Gasteiger partial charge is 0.363 e. The molecule has 0 aliphatic rings. The van der Waals surface area contributed by atoms with Crippen LogP contribution in [-0.2, 0) is 0 Å². The minimum atomic E-state index is 0.998. The molecule has 1 aromatic rings. The Labute approximate surface area is 59.5 Å². The molecule has 0 fully saturated rings. The number of aromatic amines is 1. The summed E-state index contributed by atoms with van der Waals surface area (Å²) in [6.07, 6.45) is 8.45. The van der Waals surface area contributed by atoms with Gasteiger partial charge in [-0.3, -0.25) is 9.97 Å². The second kappa shape index (κ2) is 3.61. The van der Waals surface area contributed by atoms with E-state index >= 15 is 0 Å². The van der Waals surface area contributed by atoms with E-state index in [1.165, 1.54) is 0 Å². The van der Waals surface area contributed by atoms with Crippen LogP contribution in [0.4, 0.5) is 0 Å². The summed E-state index contributed by atoms with van der Waals surface area (Å²) in [5.41, 5.74) is 0.998. The normalized spacial score (nSPS) is 8.50. The van der Waals surface area contributed by atoms with Crippen molar-refractivity contribution >= 4 is 0 Å². The Kier molecular flexibility index (Phi) is 2.43. The molecule has 0 aromatic carbocycles. The molecule has 0 amide bonds. The van der Waals surface area contributed by atoms with Crippen LogP contribution in [0.5, 0.6) is 0 Å². The summed E-state index contributed by atoms with van der Waals surface area (Å²) < 4.78 is 0. The second-order valence-electron chi connectivity index (χ2n) is 1.87. The smallest absolute Gasteiger partial charge is 0.0458 e. The lowest BCUT2D eigenvalue weighted by atomic mass is 10.5. The number of aryl methyl sites for hydroxylation is 1. The summed E-state index contributed by atoms with van der Waals surface area (Å²) in [4.78, 5) is 10.8. The van der Waals surface area contributed by atoms with Crippen molar-refractivity contribution in [2.45, 2.75) is 6.92 Å². The zero-order chi connectivity index (χ0) is 7.23. The molecule has 0 aliphatic carbocycles. The summed E-state index contributed by atoms with van der Waals surface area (Å²) in [6.45, 7) is 1.94. The summed E-state index contributed by atoms with van der Waals surface area (Å²) in [5.74, 6) is 0. The van der Waals surface area contributed by atoms with Crippen molar-refractivity contribution in [2.24, 2.45) is 0 Å². The Morgan fingerprint density at radius 3 is 2.90 bits per heavy atom. The molecule has 0 atom stereocenters. The molecule has 0 radical (unpaired) electrons. The number of hydrogen-bond acceptors (Lipinski definition) is 2. The first-order valence-corrected chi connectivity index (χ1v) is 3.03. The van der Waals surface area contributed by atoms with Gasteiger partial charge in [-0.05, 0) is 6.92 Å². The van der Waals surface area contributed by atoms with Crippen LogP contribution >= 0.6 is 0 Å². The van der Waals surface area contributed by atoms with E-state index in [0.717, 1.165) is 5.69 Å². The number of aromatic nitrogens is 3. The predicted molar refractivity (Wildman–Crippen MR) is 38.7 cm³/mol. The Balaban J connectivity index is 3.13. The van der Waals surface area contributed by atoms with Gasteiger partial charge in [0.15, 0.2) is 0 Å². The molecule has 0 aliphatic heterocycles. The zero-order valence-electron chi connectivity index (χ0n) is 5.78. The SMILES string of the molecule is Cc1cnccncc[nH]1. The number of hydrogen-bond donors (Lipinski definition) is 1. The van der Waals surface area contributed by atoms with Gasteiger partial charge in [-0.1, -0.05) is 0 Å². The van der Waals surface area contributed by atoms with Crippen molar-refractivity contribution < 1.29 is 0 Å². The van der Waals surface area contributed by atoms with Gasteiger partial charge >= 0.3 is 0 Å². The molecule has 52 valence electrons. The number of nitrogens with zero attached hydrogens (tertiary/aromatic N) is 2. The second-order valence-corrected chi connectivity index (χ2v) is 1.87. The molecule has 1 N–H and O–H groups in total. The average Bonchev–Trinajstić information content (AvgIpc) is 2.02. The minimum absolute atomic E-state index is 0.998. The van der Waals surface area contributed by atoms with E-state index < -0.39 is 0 Å². The van der Waals surface area contributed by atoms with E-state index in [4.69, 9.17) is 0 Å². The fraction of sp³-hybridized carbons (Fsp3) is 0.143. The molecule has 0 saturated carbocycles. The molecule has 0 saturated heterocycles. The molecule has 0 unspecified atom stereocenters. The molecular formula is C7H9N3. The third-order valence-electron chi connectivity index (χ3n) is 0.979. The van der Waals surface area contributed by atoms with Gasteiger partial charge in [0.1, 0.15) is 0 Å². The van der Waals surface area contributed by atoms with Crippen LogP contribution in [0.3, 0.4) is 0 Å². The topological polar surface area (TPSA) is 41.6 Å². The van der Waals surface area contributed by atoms with Gasteiger partial charge < -0.3 is 4.98 Å². The Hall–Kier alpha value is -1.38. The monoisotopic (exact) mass is 135 g/mol. The quantitative estimate of drug-likeness (QED) is 0.581. The average molecular weight is 135 g/mol. The van der Waals surface area contributed by atoms with Gasteiger partial charge in [0.05, 0.1) is 0 Å². The first-order valence-electron chi connectivity index (χ1n) is 3.03. The lowest BCUT2D eigenvalue weighted by Crippen LogP contribution is -1.71. The van der Waals surface area contributed by atoms with Crippen molar-refractivity contribution in [1.29, 1.82) is 0 Å². The van der Waals surface area contributed by atoms with Crippen LogP contribution in [0.25, 0.3) is 0 Å². The third kappa shape index (κ3) is 2.26. The van der Waals surface area contributed by atoms with Gasteiger partial charge in [0.25, 0.3) is 0 Å². The van der Waals surface area contributed by atoms with Crippen LogP contribution < -0.4 is 0 Å². The maximum absolute atomic E-state index is 3.93. The third-order valence-corrected chi connectivity index (χ3v) is 0.979. The lowest BCUT2D eigenvalue weighted by molar-refractivity contribution is 1.17. The van der Waals surface area contributed by atoms with Crippen molar-refractivity contribution in [2.75, 3.05) is 0 Å². The highest BCUT2D eigenvalue weighted by atomic mass is 14.7. The van der Waals surface area contributed by atoms with Gasteiger partial charge in [-0.15, -0.1) is 0 Å². The Morgan fingerprint density at radius 1 is 1.20 bits per heavy atom. The van der Waals surface area contributed by atoms with E-state index in [-0.39, 0.29) is 0 Å². The zero-order valence-corrected chi connectivity index (χ0v) is 5.78. The highest BCUT2D eigenvalue weighted by molar-refractivity contribution is 4.86. The lowest BCUT2D eigenvalue weighted by Gasteiger charge is -1.79. The molecule has 10 heavy (non-hydrogen) atoms. The summed E-state index contributed by atoms with van der Waals surface area (Å²) in [6, 6.07) is 0. The Morgan fingerprint density at radius 2 is 2.00 bits per heavy atom. The Bertz CT molecular complexity index is 216. The maximum atomic E-state index is 3.93. The maximum Gasteiger partial charge on any atom is 0.0458 e. The molecule has 1 rings (SSSR count). The molecule has 1 aromatic heterocycles. The first-order chi connectivity index (χ1) is 4.89. The number of H-pyrrole nitrogens is 1. The van der Waals surface area contributed by atoms with Gasteiger partial charge in [-0.25, -0.2) is 0 Å². The van der Waals surface area contributed by atoms with Gasteiger partial charge in [0, 0.05) is 36.7 Å². The van der Waals surface area contributed by atoms with Crippen LogP contribution in [0.2, 0.25) is 0 Å². The summed E-state index contributed by atoms with van der Waals surface area (Å²) in [5, 5.41) is 0. The first kappa shape index (κ1) is 6.74. The van der Waals surface area contributed by atoms with E-state index in [1.54, 1.807) is 31.0 Å². The molecule has 1 heterocycles. The number of rotatable bonds is 0. The molecular weight excluding hydrogens is 126 g/mol. The molecule has 0 spiro atoms. The van der Waals surface area contributed by atoms with Crippen molar-refractivity contribution in [3.63, 3.8) is 0 Å². The van der Waals surface area contributed by atoms with E-state index in [2.05, 4.69) is 15.0 Å². The van der Waals surface area contributed by atoms with E-state index in [9.17, 15) is 0 Å². The molecule has 3 heteroatoms. The fourth-order valence-corrected chi connectivity index (χ4v) is 0.531. The van der Waals surface area contributed by atoms with Crippen molar-refractivity contribution in [1.82, 2.24) is 15.0 Å². The highest BCUT2D eigenvalue weighted by Gasteiger charge is 1.70. The fourth-order valence-electron chi connectivity index (χ4n) is 0.531. The van der Waals surface area contributed by atoms with Crippen LogP contribution in [-0.4, -0.2) is 15.0 Å². The van der Waals surface area contributed by atoms with Crippen LogP contribution in [0, 0.1) is 6.92 Å².